The normalized spacial score (nSPS) is 14.5. The molecule has 3 rings (SSSR count). The molecule has 6 heteroatoms. The molecule has 2 aromatic heterocycles. The van der Waals surface area contributed by atoms with E-state index >= 15 is 0 Å². The molecular formula is C16H21N5O. The first kappa shape index (κ1) is 14.6. The highest BCUT2D eigenvalue weighted by Crippen LogP contribution is 2.23. The Labute approximate surface area is 130 Å². The molecular weight excluding hydrogens is 278 g/mol. The number of hydrogen-bond acceptors (Lipinski definition) is 3. The van der Waals surface area contributed by atoms with Gasteiger partial charge in [0.1, 0.15) is 11.6 Å². The fourth-order valence-electron chi connectivity index (χ4n) is 2.62. The summed E-state index contributed by atoms with van der Waals surface area (Å²) < 4.78 is 1.93. The molecule has 1 fully saturated rings. The maximum absolute atomic E-state index is 12.2. The third-order valence-corrected chi connectivity index (χ3v) is 4.29. The Morgan fingerprint density at radius 1 is 1.41 bits per heavy atom. The molecule has 22 heavy (non-hydrogen) atoms. The van der Waals surface area contributed by atoms with Gasteiger partial charge in [-0.15, -0.1) is 0 Å². The number of nitrogens with one attached hydrogen (secondary N) is 1. The number of amides is 2. The molecule has 0 saturated heterocycles. The van der Waals surface area contributed by atoms with E-state index in [-0.39, 0.29) is 6.03 Å². The van der Waals surface area contributed by atoms with E-state index in [1.54, 1.807) is 12.4 Å². The second-order valence-corrected chi connectivity index (χ2v) is 5.68. The molecule has 0 unspecified atom stereocenters. The monoisotopic (exact) mass is 299 g/mol. The van der Waals surface area contributed by atoms with E-state index in [1.165, 1.54) is 6.42 Å². The summed E-state index contributed by atoms with van der Waals surface area (Å²) in [5.74, 6) is 1.68. The first-order valence-electron chi connectivity index (χ1n) is 7.61. The molecule has 1 N–H and O–H groups in total. The minimum Gasteiger partial charge on any atom is -0.334 e. The van der Waals surface area contributed by atoms with Crippen LogP contribution in [0.2, 0.25) is 0 Å². The van der Waals surface area contributed by atoms with Gasteiger partial charge in [-0.05, 0) is 32.3 Å². The van der Waals surface area contributed by atoms with Crippen LogP contribution in [-0.2, 0) is 6.54 Å². The number of aryl methyl sites for hydroxylation is 1. The Bertz CT molecular complexity index is 662. The second-order valence-electron chi connectivity index (χ2n) is 5.68. The molecule has 2 aromatic rings. The summed E-state index contributed by atoms with van der Waals surface area (Å²) in [4.78, 5) is 22.7. The van der Waals surface area contributed by atoms with Crippen LogP contribution in [0.15, 0.2) is 30.7 Å². The van der Waals surface area contributed by atoms with Crippen LogP contribution in [-0.4, -0.2) is 38.6 Å². The Morgan fingerprint density at radius 3 is 2.86 bits per heavy atom. The van der Waals surface area contributed by atoms with E-state index in [9.17, 15) is 4.79 Å². The third-order valence-electron chi connectivity index (χ3n) is 4.29. The van der Waals surface area contributed by atoms with Crippen molar-refractivity contribution in [2.24, 2.45) is 0 Å². The van der Waals surface area contributed by atoms with E-state index < -0.39 is 0 Å². The summed E-state index contributed by atoms with van der Waals surface area (Å²) in [5, 5.41) is 2.98. The van der Waals surface area contributed by atoms with Gasteiger partial charge in [0.25, 0.3) is 0 Å². The predicted molar refractivity (Wildman–Crippen MR) is 83.7 cm³/mol. The molecule has 116 valence electrons. The zero-order valence-electron chi connectivity index (χ0n) is 13.0. The van der Waals surface area contributed by atoms with E-state index in [1.807, 2.05) is 41.8 Å². The van der Waals surface area contributed by atoms with Gasteiger partial charge >= 0.3 is 6.03 Å². The number of carbonyl (C=O) groups is 1. The molecule has 0 aromatic carbocycles. The summed E-state index contributed by atoms with van der Waals surface area (Å²) >= 11 is 0. The smallest absolute Gasteiger partial charge is 0.317 e. The lowest BCUT2D eigenvalue weighted by atomic mass is 9.92. The van der Waals surface area contributed by atoms with Crippen LogP contribution in [0.25, 0.3) is 5.82 Å². The number of rotatable bonds is 4. The van der Waals surface area contributed by atoms with Crippen molar-refractivity contribution in [3.05, 3.63) is 42.1 Å². The Morgan fingerprint density at radius 2 is 2.23 bits per heavy atom. The molecule has 1 aliphatic carbocycles. The van der Waals surface area contributed by atoms with Gasteiger partial charge in [-0.25, -0.2) is 14.8 Å². The number of imidazole rings is 1. The fourth-order valence-corrected chi connectivity index (χ4v) is 2.62. The zero-order chi connectivity index (χ0) is 15.5. The van der Waals surface area contributed by atoms with Crippen molar-refractivity contribution >= 4 is 6.03 Å². The van der Waals surface area contributed by atoms with Crippen LogP contribution >= 0.6 is 0 Å². The quantitative estimate of drug-likeness (QED) is 0.942. The minimum absolute atomic E-state index is 0.0261. The van der Waals surface area contributed by atoms with Gasteiger partial charge in [-0.1, -0.05) is 6.07 Å². The minimum atomic E-state index is -0.0261. The van der Waals surface area contributed by atoms with Crippen molar-refractivity contribution in [2.75, 3.05) is 7.05 Å². The van der Waals surface area contributed by atoms with Gasteiger partial charge < -0.3 is 10.2 Å². The summed E-state index contributed by atoms with van der Waals surface area (Å²) in [7, 11) is 1.86. The molecule has 0 radical (unpaired) electrons. The number of hydrogen-bond donors (Lipinski definition) is 1. The van der Waals surface area contributed by atoms with E-state index in [0.29, 0.717) is 12.6 Å². The SMILES string of the molecule is Cc1nccn1-c1ncccc1CNC(=O)N(C)C1CCC1. The molecule has 0 bridgehead atoms. The first-order chi connectivity index (χ1) is 10.7. The van der Waals surface area contributed by atoms with Crippen molar-refractivity contribution in [3.63, 3.8) is 0 Å². The zero-order valence-corrected chi connectivity index (χ0v) is 13.0. The second kappa shape index (κ2) is 6.17. The van der Waals surface area contributed by atoms with Gasteiger partial charge in [0, 0.05) is 43.8 Å². The summed E-state index contributed by atoms with van der Waals surface area (Å²) in [6.45, 7) is 2.39. The summed E-state index contributed by atoms with van der Waals surface area (Å²) in [6, 6.07) is 4.23. The number of aromatic nitrogens is 3. The van der Waals surface area contributed by atoms with Crippen molar-refractivity contribution in [1.82, 2.24) is 24.8 Å². The first-order valence-corrected chi connectivity index (χ1v) is 7.61. The number of urea groups is 1. The predicted octanol–water partition coefficient (Wildman–Crippen LogP) is 2.27. The lowest BCUT2D eigenvalue weighted by Crippen LogP contribution is -2.46. The largest absolute Gasteiger partial charge is 0.334 e. The standard InChI is InChI=1S/C16H21N5O/c1-12-17-9-10-21(12)15-13(5-4-8-18-15)11-19-16(22)20(2)14-6-3-7-14/h4-5,8-10,14H,3,6-7,11H2,1-2H3,(H,19,22). The Balaban J connectivity index is 1.70. The molecule has 2 heterocycles. The van der Waals surface area contributed by atoms with Crippen LogP contribution < -0.4 is 5.32 Å². The van der Waals surface area contributed by atoms with E-state index in [2.05, 4.69) is 15.3 Å². The number of pyridine rings is 1. The lowest BCUT2D eigenvalue weighted by molar-refractivity contribution is 0.157. The van der Waals surface area contributed by atoms with Gasteiger partial charge in [-0.2, -0.15) is 0 Å². The van der Waals surface area contributed by atoms with Crippen LogP contribution in [0.4, 0.5) is 4.79 Å². The average Bonchev–Trinajstić information content (AvgIpc) is 2.89. The highest BCUT2D eigenvalue weighted by atomic mass is 16.2. The van der Waals surface area contributed by atoms with Gasteiger partial charge in [0.2, 0.25) is 0 Å². The molecule has 1 aliphatic rings. The third kappa shape index (κ3) is 2.81. The molecule has 1 saturated carbocycles. The molecule has 0 aliphatic heterocycles. The number of nitrogens with zero attached hydrogens (tertiary/aromatic N) is 4. The Hall–Kier alpha value is -2.37. The van der Waals surface area contributed by atoms with E-state index in [0.717, 1.165) is 30.0 Å². The number of carbonyl (C=O) groups excluding carboxylic acids is 1. The molecule has 2 amide bonds. The van der Waals surface area contributed by atoms with Crippen LogP contribution in [0.3, 0.4) is 0 Å². The maximum atomic E-state index is 12.2. The van der Waals surface area contributed by atoms with Gasteiger partial charge in [0.05, 0.1) is 0 Å². The molecule has 0 spiro atoms. The van der Waals surface area contributed by atoms with Crippen molar-refractivity contribution in [1.29, 1.82) is 0 Å². The fraction of sp³-hybridized carbons (Fsp3) is 0.438. The van der Waals surface area contributed by atoms with Crippen molar-refractivity contribution in [2.45, 2.75) is 38.8 Å². The van der Waals surface area contributed by atoms with Crippen LogP contribution in [0.1, 0.15) is 30.7 Å². The van der Waals surface area contributed by atoms with Gasteiger partial charge in [0.15, 0.2) is 0 Å². The summed E-state index contributed by atoms with van der Waals surface area (Å²) in [5.41, 5.74) is 0.971. The highest BCUT2D eigenvalue weighted by Gasteiger charge is 2.25. The average molecular weight is 299 g/mol. The highest BCUT2D eigenvalue weighted by molar-refractivity contribution is 5.74. The molecule has 0 atom stereocenters. The van der Waals surface area contributed by atoms with Gasteiger partial charge in [-0.3, -0.25) is 4.57 Å². The van der Waals surface area contributed by atoms with Crippen LogP contribution in [0.5, 0.6) is 0 Å². The van der Waals surface area contributed by atoms with Crippen molar-refractivity contribution < 1.29 is 4.79 Å². The maximum Gasteiger partial charge on any atom is 0.317 e. The Kier molecular flexibility index (Phi) is 4.09. The lowest BCUT2D eigenvalue weighted by Gasteiger charge is -2.34. The van der Waals surface area contributed by atoms with Crippen LogP contribution in [0, 0.1) is 6.92 Å². The topological polar surface area (TPSA) is 63.1 Å². The van der Waals surface area contributed by atoms with Crippen molar-refractivity contribution in [3.8, 4) is 5.82 Å². The summed E-state index contributed by atoms with van der Waals surface area (Å²) in [6.07, 6.45) is 8.81. The van der Waals surface area contributed by atoms with E-state index in [4.69, 9.17) is 0 Å². The molecule has 6 nitrogen and oxygen atoms in total.